The molecule has 11 rings (SSSR count). The Kier molecular flexibility index (Phi) is 7.59. The first-order valence-corrected chi connectivity index (χ1v) is 19.2. The lowest BCUT2D eigenvalue weighted by Gasteiger charge is -2.22. The maximum atomic E-state index is 6.82. The number of hydrogen-bond acceptors (Lipinski definition) is 3. The van der Waals surface area contributed by atoms with Crippen molar-refractivity contribution in [2.24, 2.45) is 0 Å². The summed E-state index contributed by atoms with van der Waals surface area (Å²) in [5.41, 5.74) is 14.3. The topological polar surface area (TPSA) is 43.9 Å². The first-order valence-electron chi connectivity index (χ1n) is 19.2. The van der Waals surface area contributed by atoms with Crippen molar-refractivity contribution < 1.29 is 4.42 Å². The molecule has 0 saturated heterocycles. The zero-order valence-electron chi connectivity index (χ0n) is 30.6. The number of furan rings is 1. The van der Waals surface area contributed by atoms with Gasteiger partial charge in [0.15, 0.2) is 11.4 Å². The molecule has 3 heterocycles. The lowest BCUT2D eigenvalue weighted by molar-refractivity contribution is 0.671. The monoisotopic (exact) mass is 717 g/mol. The first kappa shape index (κ1) is 32.2. The highest BCUT2D eigenvalue weighted by Crippen LogP contribution is 2.46. The Morgan fingerprint density at radius 3 is 1.79 bits per heavy atom. The van der Waals surface area contributed by atoms with Gasteiger partial charge in [0.25, 0.3) is 0 Å². The van der Waals surface area contributed by atoms with Crippen molar-refractivity contribution in [2.45, 2.75) is 12.8 Å². The molecule has 10 aromatic rings. The highest BCUT2D eigenvalue weighted by molar-refractivity contribution is 6.22. The molecular weight excluding hydrogens is 683 g/mol. The van der Waals surface area contributed by atoms with Gasteiger partial charge in [-0.3, -0.25) is 0 Å². The maximum Gasteiger partial charge on any atom is 0.160 e. The van der Waals surface area contributed by atoms with Crippen LogP contribution >= 0.6 is 0 Å². The van der Waals surface area contributed by atoms with Gasteiger partial charge in [-0.15, -0.1) is 0 Å². The minimum Gasteiger partial charge on any atom is -0.454 e. The quantitative estimate of drug-likeness (QED) is 0.172. The van der Waals surface area contributed by atoms with E-state index in [4.69, 9.17) is 14.4 Å². The van der Waals surface area contributed by atoms with Gasteiger partial charge < -0.3 is 8.98 Å². The molecule has 0 fully saturated rings. The fourth-order valence-corrected chi connectivity index (χ4v) is 8.43. The molecule has 0 saturated carbocycles. The lowest BCUT2D eigenvalue weighted by Crippen LogP contribution is -2.05. The Balaban J connectivity index is 1.28. The average molecular weight is 718 g/mol. The number of benzene rings is 7. The molecule has 4 nitrogen and oxygen atoms in total. The Morgan fingerprint density at radius 1 is 0.482 bits per heavy atom. The van der Waals surface area contributed by atoms with Crippen molar-refractivity contribution in [3.05, 3.63) is 194 Å². The van der Waals surface area contributed by atoms with Crippen LogP contribution in [-0.2, 0) is 0 Å². The summed E-state index contributed by atoms with van der Waals surface area (Å²) in [6, 6.07) is 59.8. The minimum absolute atomic E-state index is 0.678. The summed E-state index contributed by atoms with van der Waals surface area (Å²) >= 11 is 0. The van der Waals surface area contributed by atoms with E-state index < -0.39 is 0 Å². The highest BCUT2D eigenvalue weighted by Gasteiger charge is 2.25. The minimum atomic E-state index is 0.678. The average Bonchev–Trinajstić information content (AvgIpc) is 3.83. The van der Waals surface area contributed by atoms with Gasteiger partial charge in [-0.05, 0) is 60.4 Å². The molecule has 0 atom stereocenters. The summed E-state index contributed by atoms with van der Waals surface area (Å²) in [6.07, 6.45) is 8.93. The third-order valence-electron chi connectivity index (χ3n) is 11.0. The van der Waals surface area contributed by atoms with Crippen molar-refractivity contribution in [3.63, 3.8) is 0 Å². The fraction of sp³-hybridized carbons (Fsp3) is 0.0385. The second-order valence-corrected chi connectivity index (χ2v) is 14.4. The lowest BCUT2D eigenvalue weighted by atomic mass is 9.90. The predicted molar refractivity (Wildman–Crippen MR) is 232 cm³/mol. The second kappa shape index (κ2) is 13.2. The molecule has 56 heavy (non-hydrogen) atoms. The number of allylic oxidation sites excluding steroid dienone is 4. The molecule has 0 unspecified atom stereocenters. The van der Waals surface area contributed by atoms with Crippen LogP contribution in [0.5, 0.6) is 0 Å². The van der Waals surface area contributed by atoms with E-state index in [2.05, 4.69) is 174 Å². The van der Waals surface area contributed by atoms with E-state index in [0.29, 0.717) is 5.82 Å². The number of hydrogen-bond donors (Lipinski definition) is 0. The van der Waals surface area contributed by atoms with Gasteiger partial charge in [-0.25, -0.2) is 9.97 Å². The van der Waals surface area contributed by atoms with E-state index in [1.807, 2.05) is 18.2 Å². The van der Waals surface area contributed by atoms with Crippen molar-refractivity contribution >= 4 is 49.3 Å². The number of rotatable bonds is 6. The SMILES string of the molecule is C1=CC(c2cc(-c3nc(-c4ccccc4)cc(-c4ccccc4)n3)cc(-c3ccccc3)c2-n2c3ccccc3c3ccc4c5ccccc5oc4c32)=CCC1. The molecule has 0 bridgehead atoms. The molecule has 1 aliphatic rings. The van der Waals surface area contributed by atoms with Gasteiger partial charge in [-0.2, -0.15) is 0 Å². The highest BCUT2D eigenvalue weighted by atomic mass is 16.3. The molecule has 3 aromatic heterocycles. The summed E-state index contributed by atoms with van der Waals surface area (Å²) in [7, 11) is 0. The van der Waals surface area contributed by atoms with Gasteiger partial charge in [0, 0.05) is 49.4 Å². The smallest absolute Gasteiger partial charge is 0.160 e. The first-order chi connectivity index (χ1) is 27.8. The molecule has 7 aromatic carbocycles. The van der Waals surface area contributed by atoms with Crippen molar-refractivity contribution in [2.75, 3.05) is 0 Å². The van der Waals surface area contributed by atoms with Crippen LogP contribution in [0.25, 0.3) is 100 Å². The zero-order chi connectivity index (χ0) is 37.0. The van der Waals surface area contributed by atoms with E-state index in [-0.39, 0.29) is 0 Å². The molecule has 0 amide bonds. The number of para-hydroxylation sites is 2. The molecule has 264 valence electrons. The summed E-state index contributed by atoms with van der Waals surface area (Å²) in [5, 5.41) is 4.55. The standard InChI is InChI=1S/C52H35N3O/c1-5-17-34(18-6-1)43-31-38(52-53-45(36-21-9-3-10-22-36)33-46(54-52)37-23-11-4-12-24-37)32-44(35-19-7-2-8-20-35)49(43)55-47-27-15-13-25-39(47)41-29-30-42-40-26-14-16-28-48(40)56-51(42)50(41)55/h1,3-7,9-33H,2,8H2. The zero-order valence-corrected chi connectivity index (χ0v) is 30.6. The van der Waals surface area contributed by atoms with Crippen molar-refractivity contribution in [1.29, 1.82) is 0 Å². The third kappa shape index (κ3) is 5.30. The van der Waals surface area contributed by atoms with Crippen molar-refractivity contribution in [1.82, 2.24) is 14.5 Å². The second-order valence-electron chi connectivity index (χ2n) is 14.4. The van der Waals surface area contributed by atoms with Gasteiger partial charge in [0.1, 0.15) is 5.58 Å². The molecule has 1 aliphatic carbocycles. The van der Waals surface area contributed by atoms with Crippen LogP contribution in [0, 0.1) is 0 Å². The van der Waals surface area contributed by atoms with Crippen LogP contribution in [0.1, 0.15) is 18.4 Å². The summed E-state index contributed by atoms with van der Waals surface area (Å²) in [5.74, 6) is 0.678. The van der Waals surface area contributed by atoms with Gasteiger partial charge in [0.05, 0.1) is 28.1 Å². The molecular formula is C52H35N3O. The van der Waals surface area contributed by atoms with Crippen LogP contribution in [0.15, 0.2) is 193 Å². The van der Waals surface area contributed by atoms with E-state index in [9.17, 15) is 0 Å². The number of aromatic nitrogens is 3. The van der Waals surface area contributed by atoms with Crippen molar-refractivity contribution in [3.8, 4) is 50.7 Å². The van der Waals surface area contributed by atoms with Crippen LogP contribution < -0.4 is 0 Å². The normalized spacial score (nSPS) is 12.9. The van der Waals surface area contributed by atoms with Crippen LogP contribution in [0.4, 0.5) is 0 Å². The largest absolute Gasteiger partial charge is 0.454 e. The summed E-state index contributed by atoms with van der Waals surface area (Å²) < 4.78 is 9.28. The van der Waals surface area contributed by atoms with E-state index in [1.165, 1.54) is 11.0 Å². The summed E-state index contributed by atoms with van der Waals surface area (Å²) in [6.45, 7) is 0. The third-order valence-corrected chi connectivity index (χ3v) is 11.0. The Labute approximate surface area is 324 Å². The van der Waals surface area contributed by atoms with E-state index in [1.54, 1.807) is 0 Å². The molecule has 0 radical (unpaired) electrons. The van der Waals surface area contributed by atoms with Crippen LogP contribution in [-0.4, -0.2) is 14.5 Å². The molecule has 0 spiro atoms. The molecule has 4 heteroatoms. The summed E-state index contributed by atoms with van der Waals surface area (Å²) in [4.78, 5) is 10.6. The van der Waals surface area contributed by atoms with E-state index >= 15 is 0 Å². The van der Waals surface area contributed by atoms with Crippen LogP contribution in [0.3, 0.4) is 0 Å². The molecule has 0 N–H and O–H groups in total. The Hall–Kier alpha value is -7.30. The Morgan fingerprint density at radius 2 is 1.09 bits per heavy atom. The van der Waals surface area contributed by atoms with Gasteiger partial charge in [0.2, 0.25) is 0 Å². The van der Waals surface area contributed by atoms with Gasteiger partial charge >= 0.3 is 0 Å². The Bertz CT molecular complexity index is 3110. The predicted octanol–water partition coefficient (Wildman–Crippen LogP) is 13.9. The van der Waals surface area contributed by atoms with E-state index in [0.717, 1.165) is 102 Å². The fourth-order valence-electron chi connectivity index (χ4n) is 8.43. The molecule has 0 aliphatic heterocycles. The van der Waals surface area contributed by atoms with Crippen LogP contribution in [0.2, 0.25) is 0 Å². The van der Waals surface area contributed by atoms with Gasteiger partial charge in [-0.1, -0.05) is 152 Å². The maximum absolute atomic E-state index is 6.82. The number of nitrogens with zero attached hydrogens (tertiary/aromatic N) is 3. The number of fused-ring (bicyclic) bond motifs is 7.